The number of esters is 1. The van der Waals surface area contributed by atoms with Gasteiger partial charge < -0.3 is 4.74 Å². The fourth-order valence-corrected chi connectivity index (χ4v) is 3.19. The van der Waals surface area contributed by atoms with Gasteiger partial charge in [-0.1, -0.05) is 42.5 Å². The van der Waals surface area contributed by atoms with Crippen molar-refractivity contribution in [2.24, 2.45) is 0 Å². The molecule has 0 saturated carbocycles. The van der Waals surface area contributed by atoms with E-state index in [1.54, 1.807) is 18.4 Å². The largest absolute Gasteiger partial charge is 0.457 e. The highest BCUT2D eigenvalue weighted by atomic mass is 32.2. The predicted molar refractivity (Wildman–Crippen MR) is 90.1 cm³/mol. The van der Waals surface area contributed by atoms with Crippen LogP contribution in [0.15, 0.2) is 59.5 Å². The molecule has 1 aliphatic heterocycles. The van der Waals surface area contributed by atoms with E-state index in [4.69, 9.17) is 4.74 Å². The maximum Gasteiger partial charge on any atom is 0.339 e. The van der Waals surface area contributed by atoms with Crippen LogP contribution in [0.1, 0.15) is 11.1 Å². The van der Waals surface area contributed by atoms with Gasteiger partial charge in [-0.3, -0.25) is 4.21 Å². The number of rotatable bonds is 3. The fraction of sp³-hybridized carbons (Fsp3) is 0.111. The molecule has 112 valence electrons. The van der Waals surface area contributed by atoms with Crippen LogP contribution < -0.4 is 0 Å². The minimum absolute atomic E-state index is 0.258. The second-order valence-corrected chi connectivity index (χ2v) is 7.81. The van der Waals surface area contributed by atoms with Crippen LogP contribution in [0.25, 0.3) is 11.1 Å². The molecule has 4 heteroatoms. The molecule has 1 unspecified atom stereocenters. The Bertz CT molecular complexity index is 845. The van der Waals surface area contributed by atoms with E-state index in [9.17, 15) is 9.00 Å². The number of carbonyl (C=O) groups is 1. The standard InChI is InChI=1S/C18H16O3S/c1-22(2,20)15-10-8-13(9-11-15)16-12-21-18(19)17(16)14-6-4-3-5-7-14/h3-11H,1,12H2,2H3. The average molecular weight is 312 g/mol. The molecular formula is C18H16O3S. The lowest BCUT2D eigenvalue weighted by atomic mass is 9.97. The molecule has 0 aliphatic carbocycles. The molecule has 0 spiro atoms. The second kappa shape index (κ2) is 5.46. The monoisotopic (exact) mass is 312 g/mol. The molecule has 2 aromatic rings. The highest BCUT2D eigenvalue weighted by Crippen LogP contribution is 2.33. The van der Waals surface area contributed by atoms with Gasteiger partial charge in [0.15, 0.2) is 0 Å². The smallest absolute Gasteiger partial charge is 0.339 e. The summed E-state index contributed by atoms with van der Waals surface area (Å²) in [6.07, 6.45) is 1.61. The number of ether oxygens (including phenoxy) is 1. The number of carbonyl (C=O) groups excluding carboxylic acids is 1. The Kier molecular flexibility index (Phi) is 3.62. The quantitative estimate of drug-likeness (QED) is 0.646. The first-order valence-corrected chi connectivity index (χ1v) is 8.99. The van der Waals surface area contributed by atoms with Gasteiger partial charge in [-0.2, -0.15) is 0 Å². The third kappa shape index (κ3) is 2.70. The second-order valence-electron chi connectivity index (χ2n) is 5.33. The van der Waals surface area contributed by atoms with E-state index in [1.165, 1.54) is 0 Å². The van der Waals surface area contributed by atoms with E-state index >= 15 is 0 Å². The normalized spacial score (nSPS) is 17.2. The van der Waals surface area contributed by atoms with E-state index in [-0.39, 0.29) is 12.6 Å². The molecule has 0 amide bonds. The molecule has 1 aliphatic rings. The number of cyclic esters (lactones) is 1. The molecule has 1 atom stereocenters. The molecule has 0 radical (unpaired) electrons. The summed E-state index contributed by atoms with van der Waals surface area (Å²) >= 11 is 0. The highest BCUT2D eigenvalue weighted by molar-refractivity contribution is 7.99. The number of benzene rings is 2. The Labute approximate surface area is 130 Å². The zero-order valence-corrected chi connectivity index (χ0v) is 13.1. The van der Waals surface area contributed by atoms with E-state index in [0.717, 1.165) is 16.7 Å². The molecule has 3 nitrogen and oxygen atoms in total. The Hall–Kier alpha value is -2.33. The summed E-state index contributed by atoms with van der Waals surface area (Å²) in [5.74, 6) is 3.38. The van der Waals surface area contributed by atoms with E-state index < -0.39 is 9.52 Å². The van der Waals surface area contributed by atoms with Gasteiger partial charge in [0.2, 0.25) is 0 Å². The van der Waals surface area contributed by atoms with Crippen LogP contribution in [0.3, 0.4) is 0 Å². The topological polar surface area (TPSA) is 43.4 Å². The SMILES string of the molecule is C=S(C)(=O)c1ccc(C2=C(c3ccccc3)C(=O)OC2)cc1. The van der Waals surface area contributed by atoms with Gasteiger partial charge in [0, 0.05) is 16.7 Å². The van der Waals surface area contributed by atoms with E-state index in [1.807, 2.05) is 42.5 Å². The lowest BCUT2D eigenvalue weighted by Crippen LogP contribution is -1.98. The van der Waals surface area contributed by atoms with Crippen molar-refractivity contribution in [1.82, 2.24) is 0 Å². The summed E-state index contributed by atoms with van der Waals surface area (Å²) in [4.78, 5) is 12.7. The van der Waals surface area contributed by atoms with Crippen LogP contribution in [-0.4, -0.2) is 28.9 Å². The Morgan fingerprint density at radius 1 is 1.00 bits per heavy atom. The molecule has 22 heavy (non-hydrogen) atoms. The lowest BCUT2D eigenvalue weighted by Gasteiger charge is -2.07. The molecule has 3 rings (SSSR count). The van der Waals surface area contributed by atoms with Crippen molar-refractivity contribution in [2.45, 2.75) is 4.90 Å². The van der Waals surface area contributed by atoms with Crippen molar-refractivity contribution in [3.05, 3.63) is 65.7 Å². The predicted octanol–water partition coefficient (Wildman–Crippen LogP) is 2.86. The number of hydrogen-bond donors (Lipinski definition) is 0. The maximum absolute atomic E-state index is 12.0. The van der Waals surface area contributed by atoms with Crippen molar-refractivity contribution in [1.29, 1.82) is 0 Å². The molecule has 0 fully saturated rings. The van der Waals surface area contributed by atoms with Gasteiger partial charge >= 0.3 is 5.97 Å². The van der Waals surface area contributed by atoms with E-state index in [0.29, 0.717) is 10.5 Å². The van der Waals surface area contributed by atoms with Crippen LogP contribution in [0.5, 0.6) is 0 Å². The Morgan fingerprint density at radius 3 is 2.23 bits per heavy atom. The summed E-state index contributed by atoms with van der Waals surface area (Å²) in [6.45, 7) is 0.258. The van der Waals surface area contributed by atoms with Gasteiger partial charge in [0.25, 0.3) is 0 Å². The van der Waals surface area contributed by atoms with Gasteiger partial charge in [-0.05, 0) is 38.7 Å². The summed E-state index contributed by atoms with van der Waals surface area (Å²) in [5.41, 5.74) is 3.20. The Morgan fingerprint density at radius 2 is 1.64 bits per heavy atom. The lowest BCUT2D eigenvalue weighted by molar-refractivity contribution is -0.133. The first-order chi connectivity index (χ1) is 10.5. The van der Waals surface area contributed by atoms with Crippen molar-refractivity contribution >= 4 is 32.5 Å². The van der Waals surface area contributed by atoms with Crippen molar-refractivity contribution in [3.8, 4) is 0 Å². The summed E-state index contributed by atoms with van der Waals surface area (Å²) < 4.78 is 17.2. The number of hydrogen-bond acceptors (Lipinski definition) is 3. The highest BCUT2D eigenvalue weighted by Gasteiger charge is 2.26. The minimum Gasteiger partial charge on any atom is -0.457 e. The molecule has 0 aromatic heterocycles. The fourth-order valence-electron chi connectivity index (χ4n) is 2.47. The third-order valence-electron chi connectivity index (χ3n) is 3.62. The first-order valence-electron chi connectivity index (χ1n) is 6.85. The van der Waals surface area contributed by atoms with Crippen LogP contribution in [-0.2, 0) is 19.1 Å². The van der Waals surface area contributed by atoms with E-state index in [2.05, 4.69) is 5.87 Å². The molecule has 1 heterocycles. The average Bonchev–Trinajstić information content (AvgIpc) is 2.89. The van der Waals surface area contributed by atoms with Crippen LogP contribution in [0.4, 0.5) is 0 Å². The molecule has 0 N–H and O–H groups in total. The van der Waals surface area contributed by atoms with Gasteiger partial charge in [0.1, 0.15) is 6.61 Å². The minimum atomic E-state index is -2.23. The molecular weight excluding hydrogens is 296 g/mol. The van der Waals surface area contributed by atoms with Gasteiger partial charge in [0.05, 0.1) is 5.57 Å². The molecule has 2 aromatic carbocycles. The summed E-state index contributed by atoms with van der Waals surface area (Å²) in [6, 6.07) is 16.8. The Balaban J connectivity index is 2.09. The summed E-state index contributed by atoms with van der Waals surface area (Å²) in [7, 11) is -2.23. The van der Waals surface area contributed by atoms with Crippen LogP contribution >= 0.6 is 0 Å². The van der Waals surface area contributed by atoms with Crippen molar-refractivity contribution in [3.63, 3.8) is 0 Å². The molecule has 0 saturated heterocycles. The first kappa shape index (κ1) is 14.6. The zero-order valence-electron chi connectivity index (χ0n) is 12.2. The third-order valence-corrected chi connectivity index (χ3v) is 4.89. The van der Waals surface area contributed by atoms with Crippen molar-refractivity contribution < 1.29 is 13.7 Å². The maximum atomic E-state index is 12.0. The van der Waals surface area contributed by atoms with Crippen LogP contribution in [0, 0.1) is 0 Å². The van der Waals surface area contributed by atoms with Crippen molar-refractivity contribution in [2.75, 3.05) is 12.9 Å². The summed E-state index contributed by atoms with van der Waals surface area (Å²) in [5, 5.41) is 0. The zero-order chi connectivity index (χ0) is 15.7. The van der Waals surface area contributed by atoms with Gasteiger partial charge in [-0.15, -0.1) is 0 Å². The molecule has 0 bridgehead atoms. The van der Waals surface area contributed by atoms with Gasteiger partial charge in [-0.25, -0.2) is 4.79 Å². The van der Waals surface area contributed by atoms with Crippen LogP contribution in [0.2, 0.25) is 0 Å².